The highest BCUT2D eigenvalue weighted by Crippen LogP contribution is 1.50. The van der Waals surface area contributed by atoms with Crippen molar-refractivity contribution in [3.63, 3.8) is 0 Å². The van der Waals surface area contributed by atoms with E-state index in [2.05, 4.69) is 11.5 Å². The Bertz CT molecular complexity index is 71.5. The molecule has 1 atom stereocenters. The first-order valence-corrected chi connectivity index (χ1v) is 2.36. The lowest BCUT2D eigenvalue weighted by atomic mass is 10.7. The smallest absolute Gasteiger partial charge is 0.317 e. The van der Waals surface area contributed by atoms with Crippen LogP contribution in [0.3, 0.4) is 0 Å². The van der Waals surface area contributed by atoms with Crippen LogP contribution in [0.15, 0.2) is 0 Å². The fraction of sp³-hybridized carbons (Fsp3) is 0.750. The summed E-state index contributed by atoms with van der Waals surface area (Å²) in [5, 5.41) is 15.4. The lowest BCUT2D eigenvalue weighted by molar-refractivity contribution is -0.135. The summed E-state index contributed by atoms with van der Waals surface area (Å²) in [6.45, 7) is 1.22. The molecule has 0 amide bonds. The normalized spacial score (nSPS) is 11.1. The first-order chi connectivity index (χ1) is 4.00. The van der Waals surface area contributed by atoms with E-state index in [-0.39, 0.29) is 6.54 Å². The second-order valence-corrected chi connectivity index (χ2v) is 1.34. The second kappa shape index (κ2) is 7.35. The Kier molecular flexibility index (Phi) is 9.14. The van der Waals surface area contributed by atoms with Crippen molar-refractivity contribution in [2.45, 2.75) is 13.2 Å². The van der Waals surface area contributed by atoms with E-state index >= 15 is 0 Å². The first-order valence-electron chi connectivity index (χ1n) is 2.36. The average molecular weight is 136 g/mol. The molecule has 0 fully saturated rings. The maximum absolute atomic E-state index is 9.24. The van der Waals surface area contributed by atoms with Crippen LogP contribution in [-0.2, 0) is 4.79 Å². The van der Waals surface area contributed by atoms with Crippen molar-refractivity contribution in [2.75, 3.05) is 6.54 Å². The van der Waals surface area contributed by atoms with Gasteiger partial charge in [-0.3, -0.25) is 4.79 Å². The minimum Gasteiger partial charge on any atom is -0.480 e. The highest BCUT2D eigenvalue weighted by molar-refractivity contribution is 5.68. The Morgan fingerprint density at radius 3 is 1.89 bits per heavy atom. The summed E-state index contributed by atoms with van der Waals surface area (Å²) < 4.78 is 0. The summed E-state index contributed by atoms with van der Waals surface area (Å²) >= 11 is 0. The number of rotatable bonds is 1. The molecule has 5 heteroatoms. The topological polar surface area (TPSA) is 110 Å². The Morgan fingerprint density at radius 2 is 1.89 bits per heavy atom. The SMILES string of the molecule is CC(N)O.NCC(=O)O. The van der Waals surface area contributed by atoms with Gasteiger partial charge in [0.1, 0.15) is 0 Å². The molecule has 56 valence electrons. The van der Waals surface area contributed by atoms with Crippen LogP contribution in [0.4, 0.5) is 0 Å². The highest BCUT2D eigenvalue weighted by atomic mass is 16.4. The molecule has 0 aromatic heterocycles. The molecule has 1 unspecified atom stereocenters. The Morgan fingerprint density at radius 1 is 1.78 bits per heavy atom. The third kappa shape index (κ3) is 115. The van der Waals surface area contributed by atoms with Gasteiger partial charge in [0.05, 0.1) is 12.8 Å². The average Bonchev–Trinajstić information content (AvgIpc) is 1.65. The third-order valence-electron chi connectivity index (χ3n) is 0.175. The molecule has 0 aromatic carbocycles. The number of aliphatic hydroxyl groups excluding tert-OH is 1. The van der Waals surface area contributed by atoms with Crippen LogP contribution in [0.5, 0.6) is 0 Å². The monoisotopic (exact) mass is 136 g/mol. The van der Waals surface area contributed by atoms with Crippen LogP contribution >= 0.6 is 0 Å². The quantitative estimate of drug-likeness (QED) is 0.322. The molecule has 0 rings (SSSR count). The molecule has 0 aromatic rings. The van der Waals surface area contributed by atoms with Crippen LogP contribution in [-0.4, -0.2) is 29.0 Å². The van der Waals surface area contributed by atoms with Crippen LogP contribution in [0.1, 0.15) is 6.92 Å². The van der Waals surface area contributed by atoms with E-state index < -0.39 is 12.2 Å². The summed E-state index contributed by atoms with van der Waals surface area (Å²) in [5.74, 6) is -0.968. The Labute approximate surface area is 53.3 Å². The fourth-order valence-electron chi connectivity index (χ4n) is 0. The molecule has 6 N–H and O–H groups in total. The molecule has 5 nitrogen and oxygen atoms in total. The van der Waals surface area contributed by atoms with Crippen molar-refractivity contribution in [1.82, 2.24) is 0 Å². The van der Waals surface area contributed by atoms with Crippen molar-refractivity contribution >= 4 is 5.97 Å². The first kappa shape index (κ1) is 11.2. The fourth-order valence-corrected chi connectivity index (χ4v) is 0. The highest BCUT2D eigenvalue weighted by Gasteiger charge is 1.81. The number of aliphatic hydroxyl groups is 1. The summed E-state index contributed by atoms with van der Waals surface area (Å²) in [5.41, 5.74) is 9.24. The van der Waals surface area contributed by atoms with E-state index in [1.54, 1.807) is 0 Å². The van der Waals surface area contributed by atoms with E-state index in [0.29, 0.717) is 0 Å². The van der Waals surface area contributed by atoms with Crippen LogP contribution in [0.2, 0.25) is 0 Å². The van der Waals surface area contributed by atoms with Gasteiger partial charge < -0.3 is 21.7 Å². The maximum Gasteiger partial charge on any atom is 0.317 e. The van der Waals surface area contributed by atoms with Crippen molar-refractivity contribution < 1.29 is 15.0 Å². The molecule has 0 aliphatic heterocycles. The van der Waals surface area contributed by atoms with Gasteiger partial charge in [-0.1, -0.05) is 0 Å². The minimum atomic E-state index is -0.968. The predicted molar refractivity (Wildman–Crippen MR) is 32.6 cm³/mol. The molecule has 0 bridgehead atoms. The van der Waals surface area contributed by atoms with Crippen LogP contribution < -0.4 is 11.5 Å². The maximum atomic E-state index is 9.24. The van der Waals surface area contributed by atoms with Crippen molar-refractivity contribution in [3.05, 3.63) is 0 Å². The van der Waals surface area contributed by atoms with E-state index in [4.69, 9.17) is 10.2 Å². The van der Waals surface area contributed by atoms with Gasteiger partial charge in [-0.25, -0.2) is 0 Å². The van der Waals surface area contributed by atoms with Crippen LogP contribution in [0, 0.1) is 0 Å². The lowest BCUT2D eigenvalue weighted by Crippen LogP contribution is -2.11. The molecule has 0 aliphatic carbocycles. The molecule has 0 saturated carbocycles. The number of hydrogen-bond donors (Lipinski definition) is 4. The van der Waals surface area contributed by atoms with E-state index in [0.717, 1.165) is 0 Å². The summed E-state index contributed by atoms with van der Waals surface area (Å²) in [7, 11) is 0. The lowest BCUT2D eigenvalue weighted by Gasteiger charge is -1.82. The number of carboxylic acid groups (broad SMARTS) is 1. The zero-order valence-electron chi connectivity index (χ0n) is 5.24. The van der Waals surface area contributed by atoms with E-state index in [1.165, 1.54) is 6.92 Å². The zero-order valence-corrected chi connectivity index (χ0v) is 5.24. The van der Waals surface area contributed by atoms with Gasteiger partial charge in [0.2, 0.25) is 0 Å². The molecule has 0 spiro atoms. The predicted octanol–water partition coefficient (Wildman–Crippen LogP) is -1.69. The summed E-state index contributed by atoms with van der Waals surface area (Å²) in [6, 6.07) is 0. The van der Waals surface area contributed by atoms with Gasteiger partial charge in [0.25, 0.3) is 0 Å². The Hall–Kier alpha value is -0.650. The summed E-state index contributed by atoms with van der Waals surface area (Å²) in [6.07, 6.45) is -0.667. The number of carbonyl (C=O) groups is 1. The molecule has 0 heterocycles. The van der Waals surface area contributed by atoms with Crippen LogP contribution in [0.25, 0.3) is 0 Å². The molecule has 9 heavy (non-hydrogen) atoms. The molecular formula is C4H12N2O3. The van der Waals surface area contributed by atoms with Gasteiger partial charge in [-0.05, 0) is 6.92 Å². The van der Waals surface area contributed by atoms with Gasteiger partial charge in [0, 0.05) is 0 Å². The van der Waals surface area contributed by atoms with Crippen molar-refractivity contribution in [2.24, 2.45) is 11.5 Å². The Balaban J connectivity index is 0. The zero-order chi connectivity index (χ0) is 7.86. The standard InChI is InChI=1S/C2H5NO2.C2H7NO/c3-1-2(4)5;1-2(3)4/h1,3H2,(H,4,5);2,4H,3H2,1H3. The molecular weight excluding hydrogens is 124 g/mol. The third-order valence-corrected chi connectivity index (χ3v) is 0.175. The number of aliphatic carboxylic acids is 1. The largest absolute Gasteiger partial charge is 0.480 e. The second-order valence-electron chi connectivity index (χ2n) is 1.34. The molecule has 0 saturated heterocycles. The van der Waals surface area contributed by atoms with E-state index in [1.807, 2.05) is 0 Å². The van der Waals surface area contributed by atoms with E-state index in [9.17, 15) is 4.79 Å². The number of nitrogens with two attached hydrogens (primary N) is 2. The minimum absolute atomic E-state index is 0.278. The summed E-state index contributed by atoms with van der Waals surface area (Å²) in [4.78, 5) is 9.24. The number of carboxylic acids is 1. The van der Waals surface area contributed by atoms with Crippen molar-refractivity contribution in [3.8, 4) is 0 Å². The van der Waals surface area contributed by atoms with Gasteiger partial charge in [-0.15, -0.1) is 0 Å². The van der Waals surface area contributed by atoms with Gasteiger partial charge in [0.15, 0.2) is 0 Å². The van der Waals surface area contributed by atoms with Gasteiger partial charge >= 0.3 is 5.97 Å². The van der Waals surface area contributed by atoms with Crippen molar-refractivity contribution in [1.29, 1.82) is 0 Å². The molecule has 0 aliphatic rings. The van der Waals surface area contributed by atoms with Gasteiger partial charge in [-0.2, -0.15) is 0 Å². The molecule has 0 radical (unpaired) electrons. The number of hydrogen-bond acceptors (Lipinski definition) is 4.